The summed E-state index contributed by atoms with van der Waals surface area (Å²) in [5.74, 6) is -1.71. The first-order chi connectivity index (χ1) is 14.3. The van der Waals surface area contributed by atoms with Crippen molar-refractivity contribution in [3.63, 3.8) is 0 Å². The number of nitrogens with zero attached hydrogens (tertiary/aromatic N) is 2. The third kappa shape index (κ3) is 3.99. The molecule has 0 amide bonds. The Labute approximate surface area is 172 Å². The lowest BCUT2D eigenvalue weighted by atomic mass is 9.81. The second-order valence-corrected chi connectivity index (χ2v) is 7.65. The van der Waals surface area contributed by atoms with E-state index in [0.29, 0.717) is 23.0 Å². The summed E-state index contributed by atoms with van der Waals surface area (Å²) in [5, 5.41) is 0. The highest BCUT2D eigenvalue weighted by Crippen LogP contribution is 2.48. The summed E-state index contributed by atoms with van der Waals surface area (Å²) in [5.41, 5.74) is 3.10. The highest BCUT2D eigenvalue weighted by molar-refractivity contribution is 5.70. The first kappa shape index (κ1) is 20.3. The average molecular weight is 417 g/mol. The lowest BCUT2D eigenvalue weighted by Gasteiger charge is -2.33. The summed E-state index contributed by atoms with van der Waals surface area (Å²) in [6.07, 6.45) is 1.21. The standard InChI is InChI=1S/C22H22F3N3O2/c1-12-6-17(23)18(26-10-12)11-30-15-4-5-16(19(7-15)29-3)20-13(2)27-21(28-20)14-8-22(24,25)9-14/h4-7,10,14H,8-9,11H2,1-3H3,(H,27,28). The van der Waals surface area contributed by atoms with Crippen LogP contribution in [0.5, 0.6) is 11.5 Å². The van der Waals surface area contributed by atoms with Crippen LogP contribution in [-0.4, -0.2) is 28.0 Å². The zero-order chi connectivity index (χ0) is 21.5. The Morgan fingerprint density at radius 3 is 2.63 bits per heavy atom. The van der Waals surface area contributed by atoms with Gasteiger partial charge in [-0.15, -0.1) is 0 Å². The highest BCUT2D eigenvalue weighted by Gasteiger charge is 2.47. The van der Waals surface area contributed by atoms with Gasteiger partial charge in [-0.3, -0.25) is 4.98 Å². The van der Waals surface area contributed by atoms with Crippen LogP contribution in [0.1, 0.15) is 41.5 Å². The van der Waals surface area contributed by atoms with Crippen molar-refractivity contribution >= 4 is 0 Å². The van der Waals surface area contributed by atoms with Crippen molar-refractivity contribution in [3.8, 4) is 22.8 Å². The zero-order valence-corrected chi connectivity index (χ0v) is 16.9. The lowest BCUT2D eigenvalue weighted by molar-refractivity contribution is -0.0883. The third-order valence-corrected chi connectivity index (χ3v) is 5.24. The number of methoxy groups -OCH3 is 1. The Hall–Kier alpha value is -3.03. The van der Waals surface area contributed by atoms with Crippen LogP contribution >= 0.6 is 0 Å². The quantitative estimate of drug-likeness (QED) is 0.589. The molecule has 1 aliphatic carbocycles. The van der Waals surface area contributed by atoms with Gasteiger partial charge in [0.15, 0.2) is 0 Å². The molecule has 0 unspecified atom stereocenters. The molecule has 1 fully saturated rings. The van der Waals surface area contributed by atoms with Crippen molar-refractivity contribution in [2.45, 2.75) is 45.1 Å². The Kier molecular flexibility index (Phi) is 5.17. The van der Waals surface area contributed by atoms with Gasteiger partial charge in [0.2, 0.25) is 5.92 Å². The SMILES string of the molecule is COc1cc(OCc2ncc(C)cc2F)ccc1-c1nc(C2CC(F)(F)C2)[nH]c1C. The fourth-order valence-corrected chi connectivity index (χ4v) is 3.57. The smallest absolute Gasteiger partial charge is 0.249 e. The molecule has 3 aromatic rings. The lowest BCUT2D eigenvalue weighted by Crippen LogP contribution is -2.34. The molecule has 158 valence electrons. The first-order valence-electron chi connectivity index (χ1n) is 9.62. The second kappa shape index (κ2) is 7.66. The van der Waals surface area contributed by atoms with E-state index in [-0.39, 0.29) is 31.1 Å². The van der Waals surface area contributed by atoms with Crippen LogP contribution < -0.4 is 9.47 Å². The van der Waals surface area contributed by atoms with Crippen molar-refractivity contribution in [1.82, 2.24) is 15.0 Å². The van der Waals surface area contributed by atoms with E-state index in [0.717, 1.165) is 16.8 Å². The topological polar surface area (TPSA) is 60.0 Å². The molecule has 4 rings (SSSR count). The molecule has 0 bridgehead atoms. The number of aryl methyl sites for hydroxylation is 2. The molecular formula is C22H22F3N3O2. The van der Waals surface area contributed by atoms with Gasteiger partial charge in [-0.2, -0.15) is 0 Å². The molecule has 0 atom stereocenters. The molecule has 30 heavy (non-hydrogen) atoms. The second-order valence-electron chi connectivity index (χ2n) is 7.65. The largest absolute Gasteiger partial charge is 0.496 e. The third-order valence-electron chi connectivity index (χ3n) is 5.24. The van der Waals surface area contributed by atoms with Crippen LogP contribution in [0.4, 0.5) is 13.2 Å². The molecule has 1 aliphatic rings. The monoisotopic (exact) mass is 417 g/mol. The average Bonchev–Trinajstić information content (AvgIpc) is 3.06. The number of aromatic nitrogens is 3. The number of imidazole rings is 1. The van der Waals surface area contributed by atoms with Crippen LogP contribution in [0.25, 0.3) is 11.3 Å². The molecule has 0 aliphatic heterocycles. The van der Waals surface area contributed by atoms with Crippen LogP contribution in [-0.2, 0) is 6.61 Å². The van der Waals surface area contributed by atoms with E-state index in [2.05, 4.69) is 15.0 Å². The molecule has 0 radical (unpaired) electrons. The van der Waals surface area contributed by atoms with Gasteiger partial charge in [-0.1, -0.05) is 0 Å². The molecule has 1 aromatic carbocycles. The number of alkyl halides is 2. The summed E-state index contributed by atoms with van der Waals surface area (Å²) in [4.78, 5) is 11.7. The molecular weight excluding hydrogens is 395 g/mol. The van der Waals surface area contributed by atoms with Gasteiger partial charge < -0.3 is 14.5 Å². The van der Waals surface area contributed by atoms with Gasteiger partial charge in [0.05, 0.1) is 12.8 Å². The normalized spacial score (nSPS) is 15.7. The summed E-state index contributed by atoms with van der Waals surface area (Å²) < 4.78 is 51.5. The van der Waals surface area contributed by atoms with Crippen LogP contribution in [0.2, 0.25) is 0 Å². The first-order valence-corrected chi connectivity index (χ1v) is 9.62. The Morgan fingerprint density at radius 2 is 1.97 bits per heavy atom. The predicted octanol–water partition coefficient (Wildman–Crippen LogP) is 5.33. The number of rotatable bonds is 6. The van der Waals surface area contributed by atoms with E-state index < -0.39 is 11.7 Å². The maximum atomic E-state index is 14.0. The van der Waals surface area contributed by atoms with Crippen molar-refractivity contribution in [2.75, 3.05) is 7.11 Å². The Bertz CT molecular complexity index is 1070. The summed E-state index contributed by atoms with van der Waals surface area (Å²) >= 11 is 0. The Morgan fingerprint density at radius 1 is 1.20 bits per heavy atom. The van der Waals surface area contributed by atoms with Crippen molar-refractivity contribution in [1.29, 1.82) is 0 Å². The minimum Gasteiger partial charge on any atom is -0.496 e. The molecule has 0 saturated heterocycles. The van der Waals surface area contributed by atoms with Gasteiger partial charge in [-0.05, 0) is 37.6 Å². The summed E-state index contributed by atoms with van der Waals surface area (Å²) in [6, 6.07) is 6.61. The molecule has 1 N–H and O–H groups in total. The van der Waals surface area contributed by atoms with E-state index in [4.69, 9.17) is 9.47 Å². The minimum absolute atomic E-state index is 0.0178. The molecule has 2 heterocycles. The van der Waals surface area contributed by atoms with Crippen molar-refractivity contribution in [2.24, 2.45) is 0 Å². The number of H-pyrrole nitrogens is 1. The van der Waals surface area contributed by atoms with E-state index >= 15 is 0 Å². The van der Waals surface area contributed by atoms with E-state index in [1.165, 1.54) is 13.2 Å². The zero-order valence-electron chi connectivity index (χ0n) is 16.9. The number of halogens is 3. The fraction of sp³-hybridized carbons (Fsp3) is 0.364. The maximum absolute atomic E-state index is 14.0. The van der Waals surface area contributed by atoms with Gasteiger partial charge in [-0.25, -0.2) is 18.2 Å². The van der Waals surface area contributed by atoms with Crippen molar-refractivity contribution < 1.29 is 22.6 Å². The molecule has 5 nitrogen and oxygen atoms in total. The number of aromatic amines is 1. The van der Waals surface area contributed by atoms with Gasteiger partial charge in [0, 0.05) is 42.3 Å². The minimum atomic E-state index is -2.60. The number of hydrogen-bond acceptors (Lipinski definition) is 4. The van der Waals surface area contributed by atoms with Gasteiger partial charge in [0.25, 0.3) is 0 Å². The van der Waals surface area contributed by atoms with Crippen LogP contribution in [0, 0.1) is 19.7 Å². The Balaban J connectivity index is 1.53. The molecule has 2 aromatic heterocycles. The van der Waals surface area contributed by atoms with Gasteiger partial charge in [0.1, 0.15) is 35.4 Å². The fourth-order valence-electron chi connectivity index (χ4n) is 3.57. The predicted molar refractivity (Wildman–Crippen MR) is 105 cm³/mol. The number of hydrogen-bond donors (Lipinski definition) is 1. The molecule has 0 spiro atoms. The molecule has 1 saturated carbocycles. The van der Waals surface area contributed by atoms with E-state index in [1.54, 1.807) is 31.3 Å². The number of nitrogens with one attached hydrogen (secondary N) is 1. The van der Waals surface area contributed by atoms with Gasteiger partial charge >= 0.3 is 0 Å². The van der Waals surface area contributed by atoms with Crippen molar-refractivity contribution in [3.05, 3.63) is 59.1 Å². The van der Waals surface area contributed by atoms with Crippen LogP contribution in [0.3, 0.4) is 0 Å². The van der Waals surface area contributed by atoms with E-state index in [1.807, 2.05) is 6.92 Å². The maximum Gasteiger partial charge on any atom is 0.249 e. The number of ether oxygens (including phenoxy) is 2. The number of benzene rings is 1. The number of pyridine rings is 1. The summed E-state index contributed by atoms with van der Waals surface area (Å²) in [6.45, 7) is 3.59. The highest BCUT2D eigenvalue weighted by atomic mass is 19.3. The summed E-state index contributed by atoms with van der Waals surface area (Å²) in [7, 11) is 1.53. The van der Waals surface area contributed by atoms with Crippen LogP contribution in [0.15, 0.2) is 30.5 Å². The molecule has 8 heteroatoms. The van der Waals surface area contributed by atoms with E-state index in [9.17, 15) is 13.2 Å².